The lowest BCUT2D eigenvalue weighted by atomic mass is 10.3. The Hall–Kier alpha value is -0.520. The number of nitrogens with zero attached hydrogens (tertiary/aromatic N) is 1. The molecule has 0 aliphatic carbocycles. The molecule has 1 rings (SSSR count). The van der Waals surface area contributed by atoms with Gasteiger partial charge in [-0.2, -0.15) is 0 Å². The second kappa shape index (κ2) is 5.18. The van der Waals surface area contributed by atoms with Crippen LogP contribution >= 0.6 is 27.5 Å². The van der Waals surface area contributed by atoms with Crippen molar-refractivity contribution in [2.45, 2.75) is 6.42 Å². The highest BCUT2D eigenvalue weighted by Gasteiger charge is 1.88. The van der Waals surface area contributed by atoms with Crippen LogP contribution in [0.15, 0.2) is 18.3 Å². The summed E-state index contributed by atoms with van der Waals surface area (Å²) in [4.78, 5) is 4.04. The molecule has 62 valence electrons. The molecule has 0 atom stereocenters. The summed E-state index contributed by atoms with van der Waals surface area (Å²) in [6, 6.07) is 3.49. The normalized spacial score (nSPS) is 8.83. The summed E-state index contributed by atoms with van der Waals surface area (Å²) in [5.41, 5.74) is 0.725. The van der Waals surface area contributed by atoms with Gasteiger partial charge in [-0.15, -0.1) is 0 Å². The predicted molar refractivity (Wildman–Crippen MR) is 54.5 cm³/mol. The molecule has 0 N–H and O–H groups in total. The van der Waals surface area contributed by atoms with E-state index in [-0.39, 0.29) is 0 Å². The van der Waals surface area contributed by atoms with Crippen molar-refractivity contribution in [2.24, 2.45) is 0 Å². The number of hydrogen-bond acceptors (Lipinski definition) is 1. The van der Waals surface area contributed by atoms with E-state index in [1.165, 1.54) is 0 Å². The highest BCUT2D eigenvalue weighted by Crippen LogP contribution is 2.06. The van der Waals surface area contributed by atoms with Gasteiger partial charge < -0.3 is 0 Å². The lowest BCUT2D eigenvalue weighted by Crippen LogP contribution is -1.80. The Morgan fingerprint density at radius 2 is 2.42 bits per heavy atom. The summed E-state index contributed by atoms with van der Waals surface area (Å²) < 4.78 is 0. The molecule has 0 spiro atoms. The average molecular weight is 245 g/mol. The molecule has 0 saturated heterocycles. The van der Waals surface area contributed by atoms with E-state index >= 15 is 0 Å². The van der Waals surface area contributed by atoms with Gasteiger partial charge in [-0.3, -0.25) is 0 Å². The first-order valence-corrected chi connectivity index (χ1v) is 4.99. The molecule has 1 nitrogen and oxygen atoms in total. The van der Waals surface area contributed by atoms with E-state index in [0.29, 0.717) is 5.02 Å². The van der Waals surface area contributed by atoms with Crippen molar-refractivity contribution < 1.29 is 0 Å². The zero-order valence-corrected chi connectivity index (χ0v) is 8.69. The fourth-order valence-electron chi connectivity index (χ4n) is 0.673. The van der Waals surface area contributed by atoms with Crippen molar-refractivity contribution in [3.63, 3.8) is 0 Å². The van der Waals surface area contributed by atoms with Crippen LogP contribution in [0.5, 0.6) is 0 Å². The standard InChI is InChI=1S/C9H7BrClN/c10-5-2-1-3-9-7-8(11)4-6-12-9/h4,6-7H,2,5H2. The molecule has 1 aromatic rings. The van der Waals surface area contributed by atoms with Gasteiger partial charge in [-0.1, -0.05) is 33.5 Å². The van der Waals surface area contributed by atoms with E-state index in [2.05, 4.69) is 32.8 Å². The molecule has 0 radical (unpaired) electrons. The van der Waals surface area contributed by atoms with E-state index in [1.807, 2.05) is 0 Å². The Balaban J connectivity index is 2.71. The Morgan fingerprint density at radius 1 is 1.58 bits per heavy atom. The summed E-state index contributed by atoms with van der Waals surface area (Å²) >= 11 is 9.03. The minimum atomic E-state index is 0.674. The average Bonchev–Trinajstić information content (AvgIpc) is 2.05. The van der Waals surface area contributed by atoms with Gasteiger partial charge in [-0.05, 0) is 18.1 Å². The smallest absolute Gasteiger partial charge is 0.114 e. The minimum absolute atomic E-state index is 0.674. The monoisotopic (exact) mass is 243 g/mol. The summed E-state index contributed by atoms with van der Waals surface area (Å²) in [6.45, 7) is 0. The predicted octanol–water partition coefficient (Wildman–Crippen LogP) is 2.87. The van der Waals surface area contributed by atoms with Crippen LogP contribution in [0, 0.1) is 11.8 Å². The van der Waals surface area contributed by atoms with Crippen LogP contribution in [0.4, 0.5) is 0 Å². The van der Waals surface area contributed by atoms with Crippen molar-refractivity contribution in [3.05, 3.63) is 29.0 Å². The number of aromatic nitrogens is 1. The Morgan fingerprint density at radius 3 is 3.08 bits per heavy atom. The molecule has 1 aromatic heterocycles. The Bertz CT molecular complexity index is 314. The SMILES string of the molecule is Clc1ccnc(C#CCCBr)c1. The van der Waals surface area contributed by atoms with Gasteiger partial charge in [-0.25, -0.2) is 4.98 Å². The number of rotatable bonds is 1. The van der Waals surface area contributed by atoms with Crippen LogP contribution < -0.4 is 0 Å². The Kier molecular flexibility index (Phi) is 4.13. The number of pyridine rings is 1. The van der Waals surface area contributed by atoms with E-state index in [0.717, 1.165) is 17.4 Å². The summed E-state index contributed by atoms with van der Waals surface area (Å²) in [6.07, 6.45) is 2.48. The topological polar surface area (TPSA) is 12.9 Å². The molecule has 3 heteroatoms. The maximum absolute atomic E-state index is 5.74. The van der Waals surface area contributed by atoms with Crippen molar-refractivity contribution in [1.29, 1.82) is 0 Å². The van der Waals surface area contributed by atoms with E-state index in [4.69, 9.17) is 11.6 Å². The molecule has 1 heterocycles. The summed E-state index contributed by atoms with van der Waals surface area (Å²) in [5, 5.41) is 1.56. The van der Waals surface area contributed by atoms with Gasteiger partial charge in [0, 0.05) is 23.0 Å². The van der Waals surface area contributed by atoms with Crippen molar-refractivity contribution >= 4 is 27.5 Å². The largest absolute Gasteiger partial charge is 0.248 e. The van der Waals surface area contributed by atoms with Crippen LogP contribution in [0.25, 0.3) is 0 Å². The first-order valence-electron chi connectivity index (χ1n) is 3.49. The molecule has 0 aliphatic rings. The maximum atomic E-state index is 5.74. The van der Waals surface area contributed by atoms with Gasteiger partial charge in [0.15, 0.2) is 0 Å². The third-order valence-electron chi connectivity index (χ3n) is 1.16. The van der Waals surface area contributed by atoms with Crippen LogP contribution in [-0.4, -0.2) is 10.3 Å². The first kappa shape index (κ1) is 9.57. The number of halogens is 2. The molecule has 0 fully saturated rings. The Labute approximate surface area is 85.3 Å². The highest BCUT2D eigenvalue weighted by molar-refractivity contribution is 9.09. The lowest BCUT2D eigenvalue weighted by molar-refractivity contribution is 1.27. The molecule has 0 bridgehead atoms. The van der Waals surface area contributed by atoms with Crippen molar-refractivity contribution in [1.82, 2.24) is 4.98 Å². The second-order valence-electron chi connectivity index (χ2n) is 2.10. The van der Waals surface area contributed by atoms with Gasteiger partial charge in [0.25, 0.3) is 0 Å². The number of hydrogen-bond donors (Lipinski definition) is 0. The zero-order valence-electron chi connectivity index (χ0n) is 6.35. The molecule has 0 saturated carbocycles. The van der Waals surface area contributed by atoms with Crippen LogP contribution in [0.1, 0.15) is 12.1 Å². The molecular weight excluding hydrogens is 237 g/mol. The summed E-state index contributed by atoms with van der Waals surface area (Å²) in [5.74, 6) is 5.87. The lowest BCUT2D eigenvalue weighted by Gasteiger charge is -1.89. The van der Waals surface area contributed by atoms with Crippen molar-refractivity contribution in [2.75, 3.05) is 5.33 Å². The van der Waals surface area contributed by atoms with Crippen molar-refractivity contribution in [3.8, 4) is 11.8 Å². The van der Waals surface area contributed by atoms with E-state index in [1.54, 1.807) is 18.3 Å². The van der Waals surface area contributed by atoms with Crippen LogP contribution in [-0.2, 0) is 0 Å². The molecule has 0 aliphatic heterocycles. The quantitative estimate of drug-likeness (QED) is 0.547. The first-order chi connectivity index (χ1) is 5.83. The third-order valence-corrected chi connectivity index (χ3v) is 1.79. The zero-order chi connectivity index (χ0) is 8.81. The van der Waals surface area contributed by atoms with Gasteiger partial charge in [0.2, 0.25) is 0 Å². The van der Waals surface area contributed by atoms with Gasteiger partial charge in [0.1, 0.15) is 5.69 Å². The van der Waals surface area contributed by atoms with Crippen LogP contribution in [0.3, 0.4) is 0 Å². The molecule has 0 amide bonds. The molecule has 0 aromatic carbocycles. The van der Waals surface area contributed by atoms with Crippen LogP contribution in [0.2, 0.25) is 5.02 Å². The molecule has 12 heavy (non-hydrogen) atoms. The van der Waals surface area contributed by atoms with E-state index < -0.39 is 0 Å². The summed E-state index contributed by atoms with van der Waals surface area (Å²) in [7, 11) is 0. The van der Waals surface area contributed by atoms with Gasteiger partial charge in [0.05, 0.1) is 0 Å². The minimum Gasteiger partial charge on any atom is -0.248 e. The fraction of sp³-hybridized carbons (Fsp3) is 0.222. The fourth-order valence-corrected chi connectivity index (χ4v) is 1.03. The second-order valence-corrected chi connectivity index (χ2v) is 3.33. The number of alkyl halides is 1. The molecule has 0 unspecified atom stereocenters. The van der Waals surface area contributed by atoms with E-state index in [9.17, 15) is 0 Å². The highest BCUT2D eigenvalue weighted by atomic mass is 79.9. The molecular formula is C9H7BrClN. The van der Waals surface area contributed by atoms with Gasteiger partial charge >= 0.3 is 0 Å². The maximum Gasteiger partial charge on any atom is 0.114 e. The third kappa shape index (κ3) is 3.25.